The van der Waals surface area contributed by atoms with Gasteiger partial charge in [0.1, 0.15) is 0 Å². The predicted octanol–water partition coefficient (Wildman–Crippen LogP) is 2.60. The van der Waals surface area contributed by atoms with Gasteiger partial charge in [-0.3, -0.25) is 4.79 Å². The minimum atomic E-state index is 0. The normalized spacial score (nSPS) is 10.7. The first-order chi connectivity index (χ1) is 7.16. The van der Waals surface area contributed by atoms with Crippen LogP contribution in [0, 0.1) is 5.92 Å². The molecule has 1 amide bonds. The van der Waals surface area contributed by atoms with Gasteiger partial charge in [0.05, 0.1) is 6.61 Å². The average Bonchev–Trinajstić information content (AvgIpc) is 2.19. The van der Waals surface area contributed by atoms with E-state index >= 15 is 0 Å². The quantitative estimate of drug-likeness (QED) is 0.603. The maximum absolute atomic E-state index is 11.2. The van der Waals surface area contributed by atoms with Crippen LogP contribution < -0.4 is 5.32 Å². The lowest BCUT2D eigenvalue weighted by molar-refractivity contribution is -0.121. The third-order valence-corrected chi connectivity index (χ3v) is 2.17. The smallest absolute Gasteiger partial charge is 0.220 e. The standard InChI is InChI=1S/C12H25NO2.H2/c1-4-5-6-12(14)13-8-10-15-9-7-11(2)3;/h11H,4-10H2,1-3H3,(H,13,14);1H. The summed E-state index contributed by atoms with van der Waals surface area (Å²) in [5.41, 5.74) is 0. The van der Waals surface area contributed by atoms with E-state index in [0.717, 1.165) is 25.9 Å². The Morgan fingerprint density at radius 2 is 2.13 bits per heavy atom. The molecular weight excluding hydrogens is 190 g/mol. The van der Waals surface area contributed by atoms with E-state index in [1.807, 2.05) is 0 Å². The molecule has 0 saturated heterocycles. The van der Waals surface area contributed by atoms with Crippen LogP contribution in [0.5, 0.6) is 0 Å². The van der Waals surface area contributed by atoms with Gasteiger partial charge in [0.2, 0.25) is 5.91 Å². The van der Waals surface area contributed by atoms with E-state index in [9.17, 15) is 4.79 Å². The molecule has 0 aliphatic carbocycles. The fourth-order valence-electron chi connectivity index (χ4n) is 1.11. The van der Waals surface area contributed by atoms with E-state index in [1.54, 1.807) is 0 Å². The lowest BCUT2D eigenvalue weighted by Crippen LogP contribution is -2.27. The molecule has 1 N–H and O–H groups in total. The number of hydrogen-bond donors (Lipinski definition) is 1. The van der Waals surface area contributed by atoms with Crippen molar-refractivity contribution in [2.24, 2.45) is 5.92 Å². The van der Waals surface area contributed by atoms with E-state index in [4.69, 9.17) is 4.74 Å². The summed E-state index contributed by atoms with van der Waals surface area (Å²) in [6, 6.07) is 0. The molecule has 0 bridgehead atoms. The Hall–Kier alpha value is -0.570. The van der Waals surface area contributed by atoms with Crippen LogP contribution in [0.25, 0.3) is 0 Å². The number of ether oxygens (including phenoxy) is 1. The van der Waals surface area contributed by atoms with Gasteiger partial charge in [0.15, 0.2) is 0 Å². The Bertz CT molecular complexity index is 163. The van der Waals surface area contributed by atoms with E-state index in [0.29, 0.717) is 25.5 Å². The highest BCUT2D eigenvalue weighted by Crippen LogP contribution is 1.98. The molecule has 3 heteroatoms. The highest BCUT2D eigenvalue weighted by Gasteiger charge is 1.99. The zero-order valence-corrected chi connectivity index (χ0v) is 10.3. The summed E-state index contributed by atoms with van der Waals surface area (Å²) in [7, 11) is 0. The summed E-state index contributed by atoms with van der Waals surface area (Å²) in [4.78, 5) is 11.2. The van der Waals surface area contributed by atoms with Crippen LogP contribution in [0.3, 0.4) is 0 Å². The zero-order chi connectivity index (χ0) is 11.5. The minimum Gasteiger partial charge on any atom is -0.380 e. The average molecular weight is 217 g/mol. The topological polar surface area (TPSA) is 38.3 Å². The molecule has 0 aromatic rings. The molecule has 0 unspecified atom stereocenters. The Kier molecular flexibility index (Phi) is 9.59. The van der Waals surface area contributed by atoms with Gasteiger partial charge in [-0.05, 0) is 18.8 Å². The van der Waals surface area contributed by atoms with E-state index in [2.05, 4.69) is 26.1 Å². The van der Waals surface area contributed by atoms with Crippen molar-refractivity contribution in [3.8, 4) is 0 Å². The Labute approximate surface area is 95.1 Å². The molecule has 0 aromatic carbocycles. The minimum absolute atomic E-state index is 0. The highest BCUT2D eigenvalue weighted by molar-refractivity contribution is 5.75. The molecule has 0 radical (unpaired) electrons. The molecule has 0 rings (SSSR count). The second-order valence-corrected chi connectivity index (χ2v) is 4.25. The van der Waals surface area contributed by atoms with Crippen molar-refractivity contribution in [1.82, 2.24) is 5.32 Å². The van der Waals surface area contributed by atoms with Gasteiger partial charge in [-0.1, -0.05) is 27.2 Å². The van der Waals surface area contributed by atoms with Gasteiger partial charge < -0.3 is 10.1 Å². The lowest BCUT2D eigenvalue weighted by Gasteiger charge is -2.07. The molecule has 3 nitrogen and oxygen atoms in total. The largest absolute Gasteiger partial charge is 0.380 e. The monoisotopic (exact) mass is 217 g/mol. The summed E-state index contributed by atoms with van der Waals surface area (Å²) in [6.45, 7) is 8.50. The number of nitrogens with one attached hydrogen (secondary N) is 1. The van der Waals surface area contributed by atoms with Crippen LogP contribution in [-0.4, -0.2) is 25.7 Å². The SMILES string of the molecule is CCCCC(=O)NCCOCCC(C)C.[HH]. The lowest BCUT2D eigenvalue weighted by atomic mass is 10.1. The molecule has 0 spiro atoms. The van der Waals surface area contributed by atoms with Crippen molar-refractivity contribution in [2.45, 2.75) is 46.5 Å². The summed E-state index contributed by atoms with van der Waals surface area (Å²) in [6.07, 6.45) is 3.77. The van der Waals surface area contributed by atoms with Crippen molar-refractivity contribution < 1.29 is 11.0 Å². The van der Waals surface area contributed by atoms with E-state index in [-0.39, 0.29) is 7.33 Å². The number of rotatable bonds is 9. The van der Waals surface area contributed by atoms with Crippen LogP contribution in [0.2, 0.25) is 0 Å². The molecule has 0 saturated carbocycles. The summed E-state index contributed by atoms with van der Waals surface area (Å²) >= 11 is 0. The molecular formula is C12H27NO2. The zero-order valence-electron chi connectivity index (χ0n) is 10.3. The Morgan fingerprint density at radius 3 is 2.73 bits per heavy atom. The second-order valence-electron chi connectivity index (χ2n) is 4.25. The fourth-order valence-corrected chi connectivity index (χ4v) is 1.11. The first kappa shape index (κ1) is 14.4. The number of unbranched alkanes of at least 4 members (excludes halogenated alkanes) is 1. The molecule has 0 aliphatic rings. The van der Waals surface area contributed by atoms with Gasteiger partial charge in [-0.25, -0.2) is 0 Å². The second kappa shape index (κ2) is 9.97. The van der Waals surface area contributed by atoms with Gasteiger partial charge in [0, 0.05) is 21.0 Å². The third-order valence-electron chi connectivity index (χ3n) is 2.17. The third kappa shape index (κ3) is 11.4. The van der Waals surface area contributed by atoms with Crippen LogP contribution >= 0.6 is 0 Å². The first-order valence-electron chi connectivity index (χ1n) is 6.01. The van der Waals surface area contributed by atoms with E-state index in [1.165, 1.54) is 0 Å². The maximum Gasteiger partial charge on any atom is 0.220 e. The number of hydrogen-bond acceptors (Lipinski definition) is 2. The molecule has 0 atom stereocenters. The van der Waals surface area contributed by atoms with Crippen LogP contribution in [0.4, 0.5) is 0 Å². The number of amides is 1. The highest BCUT2D eigenvalue weighted by atomic mass is 16.5. The summed E-state index contributed by atoms with van der Waals surface area (Å²) in [5.74, 6) is 0.827. The van der Waals surface area contributed by atoms with Gasteiger partial charge in [-0.2, -0.15) is 0 Å². The molecule has 0 heterocycles. The number of carbonyl (C=O) groups is 1. The fraction of sp³-hybridized carbons (Fsp3) is 0.917. The molecule has 0 aromatic heterocycles. The molecule has 92 valence electrons. The summed E-state index contributed by atoms with van der Waals surface area (Å²) in [5, 5.41) is 2.84. The van der Waals surface area contributed by atoms with Gasteiger partial charge >= 0.3 is 0 Å². The van der Waals surface area contributed by atoms with Crippen molar-refractivity contribution in [2.75, 3.05) is 19.8 Å². The van der Waals surface area contributed by atoms with Crippen molar-refractivity contribution in [3.05, 3.63) is 0 Å². The van der Waals surface area contributed by atoms with Crippen LogP contribution in [0.1, 0.15) is 47.9 Å². The summed E-state index contributed by atoms with van der Waals surface area (Å²) < 4.78 is 5.38. The van der Waals surface area contributed by atoms with Crippen molar-refractivity contribution in [1.29, 1.82) is 0 Å². The van der Waals surface area contributed by atoms with Gasteiger partial charge in [-0.15, -0.1) is 0 Å². The van der Waals surface area contributed by atoms with E-state index < -0.39 is 0 Å². The maximum atomic E-state index is 11.2. The number of carbonyl (C=O) groups excluding carboxylic acids is 1. The Balaban J connectivity index is 0. The van der Waals surface area contributed by atoms with Crippen LogP contribution in [0.15, 0.2) is 0 Å². The van der Waals surface area contributed by atoms with Gasteiger partial charge in [0.25, 0.3) is 0 Å². The van der Waals surface area contributed by atoms with Crippen molar-refractivity contribution >= 4 is 5.91 Å². The predicted molar refractivity (Wildman–Crippen MR) is 64.9 cm³/mol. The van der Waals surface area contributed by atoms with Crippen LogP contribution in [-0.2, 0) is 9.53 Å². The van der Waals surface area contributed by atoms with Crippen molar-refractivity contribution in [3.63, 3.8) is 0 Å². The molecule has 0 fully saturated rings. The molecule has 0 aliphatic heterocycles. The Morgan fingerprint density at radius 1 is 1.40 bits per heavy atom. The molecule has 15 heavy (non-hydrogen) atoms. The first-order valence-corrected chi connectivity index (χ1v) is 6.01.